The van der Waals surface area contributed by atoms with Gasteiger partial charge in [0.05, 0.1) is 14.7 Å². The van der Waals surface area contributed by atoms with Gasteiger partial charge in [0.15, 0.2) is 5.16 Å². The molecule has 2 fully saturated rings. The van der Waals surface area contributed by atoms with Crippen LogP contribution in [0.2, 0.25) is 0 Å². The van der Waals surface area contributed by atoms with Gasteiger partial charge in [-0.05, 0) is 68.3 Å². The van der Waals surface area contributed by atoms with Crippen molar-refractivity contribution in [2.45, 2.75) is 92.2 Å². The maximum atomic E-state index is 12.9. The standard InChI is InChI=1S/C21H29N5O4S2/c1-13(2)20-22-23-21(25(20)16-8-9-16)31-19-11-10-17(12-18(19)26(27)28)32(29,30)24-15-6-4-14(3)5-7-15/h10-16,24H,4-9H2,1-3H3. The van der Waals surface area contributed by atoms with Crippen LogP contribution in [0.15, 0.2) is 33.1 Å². The summed E-state index contributed by atoms with van der Waals surface area (Å²) in [6, 6.07) is 4.28. The van der Waals surface area contributed by atoms with Crippen molar-refractivity contribution >= 4 is 27.5 Å². The number of aromatic nitrogens is 3. The average molecular weight is 480 g/mol. The first-order valence-electron chi connectivity index (χ1n) is 11.1. The van der Waals surface area contributed by atoms with Crippen molar-refractivity contribution in [3.8, 4) is 0 Å². The lowest BCUT2D eigenvalue weighted by Crippen LogP contribution is -2.37. The zero-order valence-corrected chi connectivity index (χ0v) is 20.2. The highest BCUT2D eigenvalue weighted by atomic mass is 32.2. The predicted molar refractivity (Wildman–Crippen MR) is 121 cm³/mol. The summed E-state index contributed by atoms with van der Waals surface area (Å²) >= 11 is 1.16. The van der Waals surface area contributed by atoms with Crippen LogP contribution in [0.1, 0.15) is 77.1 Å². The molecule has 174 valence electrons. The first kappa shape index (κ1) is 23.2. The molecule has 0 radical (unpaired) electrons. The fraction of sp³-hybridized carbons (Fsp3) is 0.619. The van der Waals surface area contributed by atoms with Crippen molar-refractivity contribution in [3.05, 3.63) is 34.1 Å². The molecule has 2 aliphatic rings. The Morgan fingerprint density at radius 2 is 1.84 bits per heavy atom. The van der Waals surface area contributed by atoms with E-state index >= 15 is 0 Å². The third-order valence-corrected chi connectivity index (χ3v) is 8.64. The van der Waals surface area contributed by atoms with E-state index in [2.05, 4.69) is 26.4 Å². The van der Waals surface area contributed by atoms with Crippen LogP contribution in [0, 0.1) is 16.0 Å². The molecule has 2 aliphatic carbocycles. The number of hydrogen-bond acceptors (Lipinski definition) is 7. The molecule has 4 rings (SSSR count). The van der Waals surface area contributed by atoms with Crippen molar-refractivity contribution < 1.29 is 13.3 Å². The molecule has 0 unspecified atom stereocenters. The molecule has 0 aliphatic heterocycles. The van der Waals surface area contributed by atoms with Crippen LogP contribution < -0.4 is 4.72 Å². The van der Waals surface area contributed by atoms with Crippen LogP contribution in [0.3, 0.4) is 0 Å². The Morgan fingerprint density at radius 3 is 2.44 bits per heavy atom. The molecule has 0 spiro atoms. The first-order chi connectivity index (χ1) is 15.2. The monoisotopic (exact) mass is 479 g/mol. The van der Waals surface area contributed by atoms with Gasteiger partial charge in [0.25, 0.3) is 5.69 Å². The Hall–Kier alpha value is -1.98. The Balaban J connectivity index is 1.60. The normalized spacial score (nSPS) is 21.8. The minimum atomic E-state index is -3.84. The maximum absolute atomic E-state index is 12.9. The zero-order valence-electron chi connectivity index (χ0n) is 18.5. The van der Waals surface area contributed by atoms with Crippen molar-refractivity contribution in [2.75, 3.05) is 0 Å². The highest BCUT2D eigenvalue weighted by Gasteiger charge is 2.32. The lowest BCUT2D eigenvalue weighted by Gasteiger charge is -2.26. The van der Waals surface area contributed by atoms with E-state index in [9.17, 15) is 18.5 Å². The average Bonchev–Trinajstić information content (AvgIpc) is 3.49. The number of rotatable bonds is 8. The van der Waals surface area contributed by atoms with E-state index in [1.165, 1.54) is 12.1 Å². The molecule has 2 aromatic rings. The number of sulfonamides is 1. The number of benzene rings is 1. The molecule has 1 aromatic heterocycles. The summed E-state index contributed by atoms with van der Waals surface area (Å²) in [5, 5.41) is 21.0. The fourth-order valence-corrected chi connectivity index (χ4v) is 6.40. The van der Waals surface area contributed by atoms with Crippen molar-refractivity contribution in [1.82, 2.24) is 19.5 Å². The molecule has 1 heterocycles. The smallest absolute Gasteiger partial charge is 0.284 e. The summed E-state index contributed by atoms with van der Waals surface area (Å²) in [5.74, 6) is 1.65. The molecular formula is C21H29N5O4S2. The minimum Gasteiger partial charge on any atom is -0.302 e. The third kappa shape index (κ3) is 4.99. The third-order valence-electron chi connectivity index (χ3n) is 6.10. The summed E-state index contributed by atoms with van der Waals surface area (Å²) in [5.41, 5.74) is -0.244. The Morgan fingerprint density at radius 1 is 1.16 bits per heavy atom. The molecule has 32 heavy (non-hydrogen) atoms. The second-order valence-corrected chi connectivity index (χ2v) is 11.9. The second-order valence-electron chi connectivity index (χ2n) is 9.16. The molecule has 0 saturated heterocycles. The summed E-state index contributed by atoms with van der Waals surface area (Å²) in [7, 11) is -3.84. The summed E-state index contributed by atoms with van der Waals surface area (Å²) in [4.78, 5) is 11.5. The van der Waals surface area contributed by atoms with Crippen LogP contribution >= 0.6 is 11.8 Å². The van der Waals surface area contributed by atoms with Crippen LogP contribution in [-0.2, 0) is 10.0 Å². The van der Waals surface area contributed by atoms with Gasteiger partial charge in [-0.1, -0.05) is 20.8 Å². The highest BCUT2D eigenvalue weighted by molar-refractivity contribution is 7.99. The van der Waals surface area contributed by atoms with Crippen molar-refractivity contribution in [2.24, 2.45) is 5.92 Å². The van der Waals surface area contributed by atoms with Gasteiger partial charge in [-0.3, -0.25) is 10.1 Å². The summed E-state index contributed by atoms with van der Waals surface area (Å²) in [6.07, 6.45) is 5.59. The van der Waals surface area contributed by atoms with Gasteiger partial charge in [0, 0.05) is 24.1 Å². The lowest BCUT2D eigenvalue weighted by molar-refractivity contribution is -0.388. The van der Waals surface area contributed by atoms with Crippen LogP contribution in [-0.4, -0.2) is 34.1 Å². The Bertz CT molecular complexity index is 1100. The lowest BCUT2D eigenvalue weighted by atomic mass is 9.88. The SMILES string of the molecule is CC1CCC(NS(=O)(=O)c2ccc(Sc3nnc(C(C)C)n3C3CC3)c([N+](=O)[O-])c2)CC1. The van der Waals surface area contributed by atoms with E-state index in [1.807, 2.05) is 13.8 Å². The molecule has 1 N–H and O–H groups in total. The molecule has 0 bridgehead atoms. The molecule has 0 atom stereocenters. The van der Waals surface area contributed by atoms with Gasteiger partial charge >= 0.3 is 0 Å². The van der Waals surface area contributed by atoms with Crippen LogP contribution in [0.4, 0.5) is 5.69 Å². The van der Waals surface area contributed by atoms with Gasteiger partial charge in [-0.25, -0.2) is 13.1 Å². The van der Waals surface area contributed by atoms with E-state index in [-0.39, 0.29) is 22.5 Å². The Kier molecular flexibility index (Phi) is 6.60. The zero-order chi connectivity index (χ0) is 23.0. The van der Waals surface area contributed by atoms with Gasteiger partial charge in [-0.15, -0.1) is 10.2 Å². The first-order valence-corrected chi connectivity index (χ1v) is 13.4. The maximum Gasteiger partial charge on any atom is 0.284 e. The van der Waals surface area contributed by atoms with Gasteiger partial charge in [0.2, 0.25) is 10.0 Å². The van der Waals surface area contributed by atoms with E-state index in [1.54, 1.807) is 0 Å². The molecule has 1 aromatic carbocycles. The Labute approximate surface area is 192 Å². The predicted octanol–water partition coefficient (Wildman–Crippen LogP) is 4.65. The quantitative estimate of drug-likeness (QED) is 0.432. The number of nitrogens with one attached hydrogen (secondary N) is 1. The fourth-order valence-electron chi connectivity index (χ4n) is 4.08. The van der Waals surface area contributed by atoms with E-state index in [4.69, 9.17) is 0 Å². The van der Waals surface area contributed by atoms with Crippen LogP contribution in [0.5, 0.6) is 0 Å². The van der Waals surface area contributed by atoms with E-state index < -0.39 is 14.9 Å². The number of hydrogen-bond donors (Lipinski definition) is 1. The summed E-state index contributed by atoms with van der Waals surface area (Å²) in [6.45, 7) is 6.25. The van der Waals surface area contributed by atoms with Gasteiger partial charge in [-0.2, -0.15) is 0 Å². The largest absolute Gasteiger partial charge is 0.302 e. The van der Waals surface area contributed by atoms with Crippen molar-refractivity contribution in [3.63, 3.8) is 0 Å². The van der Waals surface area contributed by atoms with Crippen LogP contribution in [0.25, 0.3) is 0 Å². The van der Waals surface area contributed by atoms with E-state index in [0.717, 1.165) is 62.2 Å². The number of nitro groups is 1. The summed E-state index contributed by atoms with van der Waals surface area (Å²) < 4.78 is 30.6. The number of nitrogens with zero attached hydrogens (tertiary/aromatic N) is 4. The highest BCUT2D eigenvalue weighted by Crippen LogP contribution is 2.43. The molecule has 9 nitrogen and oxygen atoms in total. The second kappa shape index (κ2) is 9.11. The molecule has 11 heteroatoms. The van der Waals surface area contributed by atoms with Crippen molar-refractivity contribution in [1.29, 1.82) is 0 Å². The number of nitro benzene ring substituents is 1. The van der Waals surface area contributed by atoms with E-state index in [0.29, 0.717) is 22.0 Å². The minimum absolute atomic E-state index is 0.0845. The molecule has 0 amide bonds. The molecule has 2 saturated carbocycles. The van der Waals surface area contributed by atoms with Gasteiger partial charge in [0.1, 0.15) is 5.82 Å². The topological polar surface area (TPSA) is 120 Å². The molecular weight excluding hydrogens is 450 g/mol. The van der Waals surface area contributed by atoms with Gasteiger partial charge < -0.3 is 4.57 Å².